The van der Waals surface area contributed by atoms with E-state index < -0.39 is 29.9 Å². The summed E-state index contributed by atoms with van der Waals surface area (Å²) < 4.78 is 0. The molecule has 3 unspecified atom stereocenters. The highest BCUT2D eigenvalue weighted by Crippen LogP contribution is 2.07. The van der Waals surface area contributed by atoms with E-state index in [2.05, 4.69) is 10.6 Å². The van der Waals surface area contributed by atoms with Crippen LogP contribution in [0.1, 0.15) is 39.5 Å². The first-order valence-electron chi connectivity index (χ1n) is 7.58. The Morgan fingerprint density at radius 2 is 1.86 bits per heavy atom. The maximum absolute atomic E-state index is 11.7. The van der Waals surface area contributed by atoms with Gasteiger partial charge in [0, 0.05) is 0 Å². The van der Waals surface area contributed by atoms with Crippen molar-refractivity contribution in [2.24, 2.45) is 17.4 Å². The van der Waals surface area contributed by atoms with Gasteiger partial charge in [0.25, 0.3) is 0 Å². The summed E-state index contributed by atoms with van der Waals surface area (Å²) in [5.74, 6) is -2.26. The second kappa shape index (κ2) is 11.0. The summed E-state index contributed by atoms with van der Waals surface area (Å²) in [6.45, 7) is 3.84. The molecule has 0 aliphatic rings. The molecule has 0 saturated heterocycles. The van der Waals surface area contributed by atoms with Crippen LogP contribution in [0.25, 0.3) is 0 Å². The van der Waals surface area contributed by atoms with E-state index in [1.54, 1.807) is 6.92 Å². The number of carboxylic acids is 1. The van der Waals surface area contributed by atoms with E-state index in [1.165, 1.54) is 0 Å². The van der Waals surface area contributed by atoms with E-state index in [4.69, 9.17) is 16.6 Å². The normalized spacial score (nSPS) is 14.7. The fourth-order valence-electron chi connectivity index (χ4n) is 1.85. The topological polar surface area (TPSA) is 148 Å². The highest BCUT2D eigenvalue weighted by atomic mass is 16.4. The Balaban J connectivity index is 4.20. The Morgan fingerprint density at radius 1 is 1.23 bits per heavy atom. The highest BCUT2D eigenvalue weighted by molar-refractivity contribution is 5.89. The van der Waals surface area contributed by atoms with Gasteiger partial charge in [0.15, 0.2) is 0 Å². The SMILES string of the molecule is CCC(C)C(NC(=O)CNC(=O)C(N)CCCCN)C(=O)O. The molecule has 22 heavy (non-hydrogen) atoms. The third-order valence-electron chi connectivity index (χ3n) is 3.52. The van der Waals surface area contributed by atoms with Crippen LogP contribution in [-0.2, 0) is 14.4 Å². The summed E-state index contributed by atoms with van der Waals surface area (Å²) in [5.41, 5.74) is 11.0. The van der Waals surface area contributed by atoms with Crippen molar-refractivity contribution in [1.29, 1.82) is 0 Å². The van der Waals surface area contributed by atoms with E-state index in [0.29, 0.717) is 19.4 Å². The number of rotatable bonds is 11. The van der Waals surface area contributed by atoms with Crippen LogP contribution in [-0.4, -0.2) is 48.1 Å². The summed E-state index contributed by atoms with van der Waals surface area (Å²) in [4.78, 5) is 34.5. The van der Waals surface area contributed by atoms with Crippen LogP contribution in [0.5, 0.6) is 0 Å². The average Bonchev–Trinajstić information content (AvgIpc) is 2.49. The Hall–Kier alpha value is -1.67. The second-order valence-corrected chi connectivity index (χ2v) is 5.38. The number of carbonyl (C=O) groups is 3. The van der Waals surface area contributed by atoms with Gasteiger partial charge >= 0.3 is 5.97 Å². The fraction of sp³-hybridized carbons (Fsp3) is 0.786. The van der Waals surface area contributed by atoms with Crippen molar-refractivity contribution in [1.82, 2.24) is 10.6 Å². The van der Waals surface area contributed by atoms with Crippen LogP contribution in [0.4, 0.5) is 0 Å². The Kier molecular flexibility index (Phi) is 10.1. The lowest BCUT2D eigenvalue weighted by Crippen LogP contribution is -2.50. The molecule has 0 aromatic heterocycles. The van der Waals surface area contributed by atoms with Gasteiger partial charge in [-0.1, -0.05) is 26.7 Å². The Labute approximate surface area is 131 Å². The van der Waals surface area contributed by atoms with Gasteiger partial charge < -0.3 is 27.2 Å². The lowest BCUT2D eigenvalue weighted by Gasteiger charge is -2.20. The maximum Gasteiger partial charge on any atom is 0.326 e. The molecule has 0 aliphatic carbocycles. The van der Waals surface area contributed by atoms with Gasteiger partial charge in [-0.2, -0.15) is 0 Å². The molecule has 0 spiro atoms. The molecule has 0 aromatic rings. The van der Waals surface area contributed by atoms with E-state index in [0.717, 1.165) is 12.8 Å². The average molecular weight is 316 g/mol. The zero-order chi connectivity index (χ0) is 17.1. The molecule has 0 rings (SSSR count). The van der Waals surface area contributed by atoms with Crippen molar-refractivity contribution in [2.45, 2.75) is 51.6 Å². The highest BCUT2D eigenvalue weighted by Gasteiger charge is 2.25. The quantitative estimate of drug-likeness (QED) is 0.314. The molecule has 0 bridgehead atoms. The van der Waals surface area contributed by atoms with Gasteiger partial charge in [-0.25, -0.2) is 4.79 Å². The summed E-state index contributed by atoms with van der Waals surface area (Å²) in [5, 5.41) is 13.9. The number of carboxylic acid groups (broad SMARTS) is 1. The predicted molar refractivity (Wildman–Crippen MR) is 82.9 cm³/mol. The molecule has 0 heterocycles. The van der Waals surface area contributed by atoms with Crippen LogP contribution in [0.3, 0.4) is 0 Å². The summed E-state index contributed by atoms with van der Waals surface area (Å²) in [6.07, 6.45) is 2.65. The van der Waals surface area contributed by atoms with Crippen LogP contribution < -0.4 is 22.1 Å². The molecule has 2 amide bonds. The number of hydrogen-bond donors (Lipinski definition) is 5. The van der Waals surface area contributed by atoms with Crippen molar-refractivity contribution >= 4 is 17.8 Å². The molecule has 0 radical (unpaired) electrons. The zero-order valence-electron chi connectivity index (χ0n) is 13.3. The first-order chi connectivity index (χ1) is 10.3. The maximum atomic E-state index is 11.7. The lowest BCUT2D eigenvalue weighted by atomic mass is 9.99. The number of unbranched alkanes of at least 4 members (excludes halogenated alkanes) is 1. The molecule has 0 aliphatic heterocycles. The van der Waals surface area contributed by atoms with Gasteiger partial charge in [-0.3, -0.25) is 9.59 Å². The minimum Gasteiger partial charge on any atom is -0.480 e. The number of nitrogens with two attached hydrogens (primary N) is 2. The first-order valence-corrected chi connectivity index (χ1v) is 7.58. The molecule has 0 aromatic carbocycles. The number of hydrogen-bond acceptors (Lipinski definition) is 5. The second-order valence-electron chi connectivity index (χ2n) is 5.38. The summed E-state index contributed by atoms with van der Waals surface area (Å²) in [7, 11) is 0. The lowest BCUT2D eigenvalue weighted by molar-refractivity contribution is -0.143. The van der Waals surface area contributed by atoms with E-state index >= 15 is 0 Å². The number of carbonyl (C=O) groups excluding carboxylic acids is 2. The van der Waals surface area contributed by atoms with Gasteiger partial charge in [-0.05, 0) is 25.3 Å². The third kappa shape index (κ3) is 7.94. The number of amides is 2. The predicted octanol–water partition coefficient (Wildman–Crippen LogP) is -0.826. The van der Waals surface area contributed by atoms with E-state index in [-0.39, 0.29) is 12.5 Å². The molecule has 7 N–H and O–H groups in total. The molecule has 8 nitrogen and oxygen atoms in total. The van der Waals surface area contributed by atoms with Crippen LogP contribution >= 0.6 is 0 Å². The molecule has 0 fully saturated rings. The third-order valence-corrected chi connectivity index (χ3v) is 3.52. The van der Waals surface area contributed by atoms with Gasteiger partial charge in [0.2, 0.25) is 11.8 Å². The van der Waals surface area contributed by atoms with E-state index in [1.807, 2.05) is 6.92 Å². The molecule has 0 saturated carbocycles. The van der Waals surface area contributed by atoms with Crippen LogP contribution in [0.15, 0.2) is 0 Å². The monoisotopic (exact) mass is 316 g/mol. The molecule has 8 heteroatoms. The van der Waals surface area contributed by atoms with Crippen molar-refractivity contribution in [3.05, 3.63) is 0 Å². The van der Waals surface area contributed by atoms with Crippen molar-refractivity contribution in [3.8, 4) is 0 Å². The van der Waals surface area contributed by atoms with Crippen LogP contribution in [0, 0.1) is 5.92 Å². The summed E-state index contributed by atoms with van der Waals surface area (Å²) in [6, 6.07) is -1.66. The first kappa shape index (κ1) is 20.3. The van der Waals surface area contributed by atoms with Crippen LogP contribution in [0.2, 0.25) is 0 Å². The molecular weight excluding hydrogens is 288 g/mol. The minimum absolute atomic E-state index is 0.198. The summed E-state index contributed by atoms with van der Waals surface area (Å²) >= 11 is 0. The van der Waals surface area contributed by atoms with Crippen molar-refractivity contribution in [2.75, 3.05) is 13.1 Å². The van der Waals surface area contributed by atoms with Gasteiger partial charge in [0.05, 0.1) is 12.6 Å². The van der Waals surface area contributed by atoms with Gasteiger partial charge in [0.1, 0.15) is 6.04 Å². The molecule has 3 atom stereocenters. The smallest absolute Gasteiger partial charge is 0.326 e. The number of nitrogens with one attached hydrogen (secondary N) is 2. The largest absolute Gasteiger partial charge is 0.480 e. The van der Waals surface area contributed by atoms with Crippen molar-refractivity contribution in [3.63, 3.8) is 0 Å². The molecular formula is C14H28N4O4. The standard InChI is InChI=1S/C14H28N4O4/c1-3-9(2)12(14(21)22)18-11(19)8-17-13(20)10(16)6-4-5-7-15/h9-10,12H,3-8,15-16H2,1-2H3,(H,17,20)(H,18,19)(H,21,22). The molecule has 128 valence electrons. The Morgan fingerprint density at radius 3 is 2.36 bits per heavy atom. The number of aliphatic carboxylic acids is 1. The minimum atomic E-state index is -1.09. The zero-order valence-corrected chi connectivity index (χ0v) is 13.3. The fourth-order valence-corrected chi connectivity index (χ4v) is 1.85. The Bertz CT molecular complexity index is 376. The van der Waals surface area contributed by atoms with Gasteiger partial charge in [-0.15, -0.1) is 0 Å². The van der Waals surface area contributed by atoms with E-state index in [9.17, 15) is 14.4 Å². The van der Waals surface area contributed by atoms with Crippen molar-refractivity contribution < 1.29 is 19.5 Å².